The van der Waals surface area contributed by atoms with Gasteiger partial charge in [-0.3, -0.25) is 0 Å². The second-order valence-electron chi connectivity index (χ2n) is 3.30. The van der Waals surface area contributed by atoms with Crippen molar-refractivity contribution >= 4 is 12.6 Å². The van der Waals surface area contributed by atoms with E-state index in [1.807, 2.05) is 0 Å². The lowest BCUT2D eigenvalue weighted by molar-refractivity contribution is 0.597. The number of aryl methyl sites for hydroxylation is 1. The molecule has 0 aliphatic heterocycles. The smallest absolute Gasteiger partial charge is 0.00628 e. The first-order valence-corrected chi connectivity index (χ1v) is 5.02. The largest absolute Gasteiger partial charge is 0.0939 e. The van der Waals surface area contributed by atoms with Crippen molar-refractivity contribution in [1.82, 2.24) is 0 Å². The van der Waals surface area contributed by atoms with E-state index in [0.29, 0.717) is 5.92 Å². The Bertz CT molecular complexity index is 206. The van der Waals surface area contributed by atoms with Crippen LogP contribution in [0.25, 0.3) is 0 Å². The maximum absolute atomic E-state index is 4.99. The summed E-state index contributed by atoms with van der Waals surface area (Å²) in [5.74, 6) is 1.56. The van der Waals surface area contributed by atoms with E-state index in [2.05, 4.69) is 37.3 Å². The van der Waals surface area contributed by atoms with Crippen LogP contribution >= 0.6 is 12.6 Å². The van der Waals surface area contributed by atoms with E-state index in [9.17, 15) is 0 Å². The van der Waals surface area contributed by atoms with Gasteiger partial charge in [-0.2, -0.15) is 0 Å². The first-order valence-electron chi connectivity index (χ1n) is 4.45. The van der Waals surface area contributed by atoms with Crippen LogP contribution < -0.4 is 0 Å². The number of rotatable bonds is 4. The molecule has 0 saturated heterocycles. The van der Waals surface area contributed by atoms with Gasteiger partial charge < -0.3 is 0 Å². The summed E-state index contributed by atoms with van der Waals surface area (Å²) in [5, 5.41) is 0. The van der Waals surface area contributed by atoms with Crippen LogP contribution in [0, 0.1) is 5.92 Å². The van der Waals surface area contributed by atoms with Gasteiger partial charge in [0.2, 0.25) is 0 Å². The average molecular weight is 179 g/mol. The molecule has 0 aliphatic carbocycles. The third kappa shape index (κ3) is 3.31. The quantitative estimate of drug-likeness (QED) is 0.664. The Hall–Kier alpha value is -0.430. The normalized spacial score (nSPS) is 12.8. The van der Waals surface area contributed by atoms with Gasteiger partial charge in [-0.15, -0.1) is 0 Å². The molecule has 0 spiro atoms. The lowest BCUT2D eigenvalue weighted by Gasteiger charge is -2.06. The molecule has 65 valence electrons. The van der Waals surface area contributed by atoms with Gasteiger partial charge in [0.05, 0.1) is 0 Å². The van der Waals surface area contributed by atoms with Gasteiger partial charge in [0.15, 0.2) is 0 Å². The Morgan fingerprint density at radius 1 is 1.25 bits per heavy atom. The van der Waals surface area contributed by atoms with Gasteiger partial charge in [0, 0.05) is 5.75 Å². The molecular weight excluding hydrogens is 164 g/mol. The summed E-state index contributed by atoms with van der Waals surface area (Å²) in [5.41, 5.74) is 1.42. The van der Waals surface area contributed by atoms with Gasteiger partial charge in [0.25, 0.3) is 0 Å². The number of benzene rings is 1. The zero-order valence-electron chi connectivity index (χ0n) is 7.49. The SMILES string of the molecule is CC(C[S])CCc1ccccc1. The van der Waals surface area contributed by atoms with Crippen LogP contribution in [0.3, 0.4) is 0 Å². The van der Waals surface area contributed by atoms with E-state index in [-0.39, 0.29) is 0 Å². The fourth-order valence-electron chi connectivity index (χ4n) is 1.14. The highest BCUT2D eigenvalue weighted by Crippen LogP contribution is 2.09. The summed E-state index contributed by atoms with van der Waals surface area (Å²) in [6.45, 7) is 2.22. The van der Waals surface area contributed by atoms with Crippen LogP contribution in [-0.4, -0.2) is 5.75 Å². The van der Waals surface area contributed by atoms with Crippen LogP contribution in [0.1, 0.15) is 18.9 Å². The fraction of sp³-hybridized carbons (Fsp3) is 0.455. The molecule has 0 amide bonds. The van der Waals surface area contributed by atoms with Crippen LogP contribution in [-0.2, 0) is 6.42 Å². The molecular formula is C11H15S. The molecule has 1 aromatic carbocycles. The number of hydrogen-bond acceptors (Lipinski definition) is 0. The molecule has 1 radical (unpaired) electrons. The molecule has 0 saturated carbocycles. The van der Waals surface area contributed by atoms with Crippen molar-refractivity contribution in [2.75, 3.05) is 5.75 Å². The molecule has 1 atom stereocenters. The van der Waals surface area contributed by atoms with Crippen molar-refractivity contribution in [3.8, 4) is 0 Å². The molecule has 12 heavy (non-hydrogen) atoms. The molecule has 1 rings (SSSR count). The zero-order valence-corrected chi connectivity index (χ0v) is 8.31. The van der Waals surface area contributed by atoms with E-state index in [1.165, 1.54) is 18.4 Å². The second-order valence-corrected chi connectivity index (χ2v) is 3.63. The maximum atomic E-state index is 4.99. The highest BCUT2D eigenvalue weighted by Gasteiger charge is 1.99. The molecule has 0 bridgehead atoms. The summed E-state index contributed by atoms with van der Waals surface area (Å²) in [6.07, 6.45) is 2.38. The third-order valence-corrected chi connectivity index (χ3v) is 2.62. The standard InChI is InChI=1S/C11H15S/c1-10(9-12)7-8-11-5-3-2-4-6-11/h2-6,10H,7-9H2,1H3. The summed E-state index contributed by atoms with van der Waals surface area (Å²) >= 11 is 4.99. The summed E-state index contributed by atoms with van der Waals surface area (Å²) in [6, 6.07) is 10.6. The number of hydrogen-bond donors (Lipinski definition) is 0. The van der Waals surface area contributed by atoms with Crippen LogP contribution in [0.15, 0.2) is 30.3 Å². The van der Waals surface area contributed by atoms with Gasteiger partial charge in [-0.25, -0.2) is 0 Å². The Morgan fingerprint density at radius 3 is 2.50 bits per heavy atom. The predicted octanol–water partition coefficient (Wildman–Crippen LogP) is 3.45. The van der Waals surface area contributed by atoms with E-state index in [1.54, 1.807) is 0 Å². The predicted molar refractivity (Wildman–Crippen MR) is 56.4 cm³/mol. The molecule has 0 heterocycles. The van der Waals surface area contributed by atoms with Crippen molar-refractivity contribution in [2.24, 2.45) is 5.92 Å². The fourth-order valence-corrected chi connectivity index (χ4v) is 1.31. The Kier molecular flexibility index (Phi) is 4.23. The van der Waals surface area contributed by atoms with Crippen LogP contribution in [0.4, 0.5) is 0 Å². The highest BCUT2D eigenvalue weighted by molar-refractivity contribution is 7.80. The third-order valence-electron chi connectivity index (χ3n) is 2.05. The zero-order chi connectivity index (χ0) is 8.81. The molecule has 0 fully saturated rings. The minimum Gasteiger partial charge on any atom is -0.0939 e. The second kappa shape index (κ2) is 5.26. The van der Waals surface area contributed by atoms with Crippen molar-refractivity contribution < 1.29 is 0 Å². The monoisotopic (exact) mass is 179 g/mol. The first-order chi connectivity index (χ1) is 5.83. The molecule has 1 unspecified atom stereocenters. The van der Waals surface area contributed by atoms with E-state index in [0.717, 1.165) is 5.75 Å². The lowest BCUT2D eigenvalue weighted by atomic mass is 10.0. The van der Waals surface area contributed by atoms with Crippen molar-refractivity contribution in [1.29, 1.82) is 0 Å². The van der Waals surface area contributed by atoms with Crippen molar-refractivity contribution in [2.45, 2.75) is 19.8 Å². The highest BCUT2D eigenvalue weighted by atomic mass is 32.1. The molecule has 0 nitrogen and oxygen atoms in total. The van der Waals surface area contributed by atoms with Crippen LogP contribution in [0.2, 0.25) is 0 Å². The average Bonchev–Trinajstić information content (AvgIpc) is 2.16. The summed E-state index contributed by atoms with van der Waals surface area (Å²) < 4.78 is 0. The van der Waals surface area contributed by atoms with Gasteiger partial charge in [-0.05, 0) is 24.3 Å². The van der Waals surface area contributed by atoms with Crippen molar-refractivity contribution in [3.05, 3.63) is 35.9 Å². The first kappa shape index (κ1) is 9.66. The van der Waals surface area contributed by atoms with Crippen LogP contribution in [0.5, 0.6) is 0 Å². The van der Waals surface area contributed by atoms with E-state index in [4.69, 9.17) is 12.6 Å². The Morgan fingerprint density at radius 2 is 1.92 bits per heavy atom. The van der Waals surface area contributed by atoms with Gasteiger partial charge in [0.1, 0.15) is 0 Å². The lowest BCUT2D eigenvalue weighted by Crippen LogP contribution is -1.98. The van der Waals surface area contributed by atoms with E-state index >= 15 is 0 Å². The maximum Gasteiger partial charge on any atom is 0.00628 e. The molecule has 1 heteroatoms. The summed E-state index contributed by atoms with van der Waals surface area (Å²) in [7, 11) is 0. The Balaban J connectivity index is 2.33. The molecule has 0 aliphatic rings. The van der Waals surface area contributed by atoms with Crippen molar-refractivity contribution in [3.63, 3.8) is 0 Å². The molecule has 0 aromatic heterocycles. The van der Waals surface area contributed by atoms with Gasteiger partial charge in [-0.1, -0.05) is 49.9 Å². The molecule has 1 aromatic rings. The minimum absolute atomic E-state index is 0.681. The summed E-state index contributed by atoms with van der Waals surface area (Å²) in [4.78, 5) is 0. The minimum atomic E-state index is 0.681. The van der Waals surface area contributed by atoms with E-state index < -0.39 is 0 Å². The topological polar surface area (TPSA) is 0 Å². The van der Waals surface area contributed by atoms with Gasteiger partial charge >= 0.3 is 0 Å². The molecule has 0 N–H and O–H groups in total. The Labute approximate surface area is 80.4 Å².